The van der Waals surface area contributed by atoms with Gasteiger partial charge in [0.2, 0.25) is 5.13 Å². The van der Waals surface area contributed by atoms with E-state index in [0.29, 0.717) is 10.8 Å². The van der Waals surface area contributed by atoms with E-state index >= 15 is 0 Å². The Morgan fingerprint density at radius 3 is 2.00 bits per heavy atom. The number of carbonyl (C=O) groups excluding carboxylic acids is 1. The van der Waals surface area contributed by atoms with E-state index in [1.165, 1.54) is 11.3 Å². The Morgan fingerprint density at radius 2 is 1.43 bits per heavy atom. The van der Waals surface area contributed by atoms with Crippen molar-refractivity contribution >= 4 is 28.2 Å². The summed E-state index contributed by atoms with van der Waals surface area (Å²) in [4.78, 5) is 12.3. The summed E-state index contributed by atoms with van der Waals surface area (Å²) in [6.45, 7) is 0. The zero-order valence-corrected chi connectivity index (χ0v) is 17.1. The number of urea groups is 1. The summed E-state index contributed by atoms with van der Waals surface area (Å²) in [6.07, 6.45) is 0. The molecule has 0 saturated carbocycles. The second-order valence-electron chi connectivity index (χ2n) is 6.51. The van der Waals surface area contributed by atoms with Gasteiger partial charge in [-0.05, 0) is 35.4 Å². The van der Waals surface area contributed by atoms with Crippen LogP contribution in [0.25, 0.3) is 0 Å². The van der Waals surface area contributed by atoms with Crippen LogP contribution in [0, 0.1) is 0 Å². The van der Waals surface area contributed by atoms with Crippen molar-refractivity contribution in [2.45, 2.75) is 5.92 Å². The molecule has 0 aliphatic rings. The molecule has 0 atom stereocenters. The minimum absolute atomic E-state index is 0.0508. The Morgan fingerprint density at radius 1 is 0.833 bits per heavy atom. The Labute approximate surface area is 178 Å². The minimum atomic E-state index is -0.376. The summed E-state index contributed by atoms with van der Waals surface area (Å²) in [5.41, 5.74) is 2.90. The van der Waals surface area contributed by atoms with E-state index in [1.807, 2.05) is 36.4 Å². The van der Waals surface area contributed by atoms with E-state index in [0.717, 1.165) is 21.9 Å². The van der Waals surface area contributed by atoms with Crippen LogP contribution in [0.4, 0.5) is 15.6 Å². The first-order valence-electron chi connectivity index (χ1n) is 9.38. The van der Waals surface area contributed by atoms with Crippen LogP contribution < -0.4 is 15.4 Å². The SMILES string of the molecule is COc1ccc(NC(=O)Nc2nnc(C(c3ccccc3)c3ccccc3)s2)cc1. The third kappa shape index (κ3) is 4.64. The standard InChI is InChI=1S/C23H20N4O2S/c1-29-19-14-12-18(13-15-19)24-22(28)25-23-27-26-21(30-23)20(16-8-4-2-5-9-16)17-10-6-3-7-11-17/h2-15,20H,1H3,(H2,24,25,27,28). The molecule has 0 fully saturated rings. The number of nitrogens with zero attached hydrogens (tertiary/aromatic N) is 2. The predicted octanol–water partition coefficient (Wildman–Crippen LogP) is 5.37. The molecule has 4 aromatic rings. The lowest BCUT2D eigenvalue weighted by molar-refractivity contribution is 0.262. The molecule has 7 heteroatoms. The molecular weight excluding hydrogens is 396 g/mol. The van der Waals surface area contributed by atoms with Gasteiger partial charge in [0.05, 0.1) is 13.0 Å². The Bertz CT molecular complexity index is 1060. The quantitative estimate of drug-likeness (QED) is 0.443. The molecule has 2 amide bonds. The van der Waals surface area contributed by atoms with E-state index < -0.39 is 0 Å². The van der Waals surface area contributed by atoms with Crippen molar-refractivity contribution in [3.63, 3.8) is 0 Å². The lowest BCUT2D eigenvalue weighted by Gasteiger charge is -2.14. The maximum Gasteiger partial charge on any atom is 0.325 e. The number of benzene rings is 3. The van der Waals surface area contributed by atoms with E-state index in [-0.39, 0.29) is 11.9 Å². The molecule has 4 rings (SSSR count). The van der Waals surface area contributed by atoms with Crippen molar-refractivity contribution in [3.05, 3.63) is 101 Å². The first-order valence-corrected chi connectivity index (χ1v) is 10.2. The van der Waals surface area contributed by atoms with E-state index in [1.54, 1.807) is 31.4 Å². The number of carbonyl (C=O) groups is 1. The van der Waals surface area contributed by atoms with Crippen molar-refractivity contribution in [2.24, 2.45) is 0 Å². The first-order chi connectivity index (χ1) is 14.7. The largest absolute Gasteiger partial charge is 0.497 e. The van der Waals surface area contributed by atoms with Gasteiger partial charge in [0.25, 0.3) is 0 Å². The van der Waals surface area contributed by atoms with Gasteiger partial charge in [-0.2, -0.15) is 0 Å². The normalized spacial score (nSPS) is 10.6. The fraction of sp³-hybridized carbons (Fsp3) is 0.0870. The third-order valence-corrected chi connectivity index (χ3v) is 5.43. The second kappa shape index (κ2) is 9.19. The summed E-state index contributed by atoms with van der Waals surface area (Å²) in [6, 6.07) is 27.0. The Kier molecular flexibility index (Phi) is 6.01. The zero-order chi connectivity index (χ0) is 20.8. The number of anilines is 2. The van der Waals surface area contributed by atoms with Crippen LogP contribution in [-0.4, -0.2) is 23.3 Å². The van der Waals surface area contributed by atoms with Crippen LogP contribution in [0.5, 0.6) is 5.75 Å². The lowest BCUT2D eigenvalue weighted by atomic mass is 9.92. The smallest absolute Gasteiger partial charge is 0.325 e. The maximum absolute atomic E-state index is 12.3. The van der Waals surface area contributed by atoms with Crippen LogP contribution in [-0.2, 0) is 0 Å². The average Bonchev–Trinajstić information content (AvgIpc) is 3.23. The molecule has 0 bridgehead atoms. The molecule has 0 unspecified atom stereocenters. The monoisotopic (exact) mass is 416 g/mol. The van der Waals surface area contributed by atoms with Crippen molar-refractivity contribution in [1.29, 1.82) is 0 Å². The molecule has 1 aromatic heterocycles. The van der Waals surface area contributed by atoms with Gasteiger partial charge in [-0.15, -0.1) is 10.2 Å². The summed E-state index contributed by atoms with van der Waals surface area (Å²) in [7, 11) is 1.60. The molecular formula is C23H20N4O2S. The van der Waals surface area contributed by atoms with Gasteiger partial charge >= 0.3 is 6.03 Å². The molecule has 2 N–H and O–H groups in total. The Hall–Kier alpha value is -3.71. The number of hydrogen-bond donors (Lipinski definition) is 2. The molecule has 3 aromatic carbocycles. The molecule has 1 heterocycles. The predicted molar refractivity (Wildman–Crippen MR) is 119 cm³/mol. The summed E-state index contributed by atoms with van der Waals surface area (Å²) < 4.78 is 5.12. The highest BCUT2D eigenvalue weighted by molar-refractivity contribution is 7.15. The van der Waals surface area contributed by atoms with Crippen LogP contribution in [0.1, 0.15) is 22.1 Å². The minimum Gasteiger partial charge on any atom is -0.497 e. The van der Waals surface area contributed by atoms with E-state index in [9.17, 15) is 4.79 Å². The molecule has 0 radical (unpaired) electrons. The molecule has 30 heavy (non-hydrogen) atoms. The van der Waals surface area contributed by atoms with Crippen LogP contribution in [0.2, 0.25) is 0 Å². The highest BCUT2D eigenvalue weighted by atomic mass is 32.1. The summed E-state index contributed by atoms with van der Waals surface area (Å²) in [5, 5.41) is 15.3. The van der Waals surface area contributed by atoms with E-state index in [4.69, 9.17) is 4.74 Å². The third-order valence-electron chi connectivity index (χ3n) is 4.52. The van der Waals surface area contributed by atoms with Crippen LogP contribution in [0.3, 0.4) is 0 Å². The van der Waals surface area contributed by atoms with Gasteiger partial charge in [0, 0.05) is 5.69 Å². The lowest BCUT2D eigenvalue weighted by Crippen LogP contribution is -2.19. The van der Waals surface area contributed by atoms with Crippen LogP contribution in [0.15, 0.2) is 84.9 Å². The highest BCUT2D eigenvalue weighted by Crippen LogP contribution is 2.34. The molecule has 0 spiro atoms. The van der Waals surface area contributed by atoms with Gasteiger partial charge in [0.15, 0.2) is 0 Å². The topological polar surface area (TPSA) is 76.1 Å². The summed E-state index contributed by atoms with van der Waals surface area (Å²) in [5.74, 6) is 0.674. The number of hydrogen-bond acceptors (Lipinski definition) is 5. The molecule has 0 saturated heterocycles. The van der Waals surface area contributed by atoms with Gasteiger partial charge in [-0.3, -0.25) is 5.32 Å². The number of ether oxygens (including phenoxy) is 1. The number of methoxy groups -OCH3 is 1. The number of amides is 2. The van der Waals surface area contributed by atoms with Crippen molar-refractivity contribution in [3.8, 4) is 5.75 Å². The van der Waals surface area contributed by atoms with Crippen molar-refractivity contribution in [1.82, 2.24) is 10.2 Å². The van der Waals surface area contributed by atoms with E-state index in [2.05, 4.69) is 45.1 Å². The number of rotatable bonds is 6. The van der Waals surface area contributed by atoms with Gasteiger partial charge < -0.3 is 10.1 Å². The second-order valence-corrected chi connectivity index (χ2v) is 7.52. The molecule has 6 nitrogen and oxygen atoms in total. The van der Waals surface area contributed by atoms with Crippen molar-refractivity contribution in [2.75, 3.05) is 17.7 Å². The molecule has 0 aliphatic carbocycles. The number of nitrogens with one attached hydrogen (secondary N) is 2. The zero-order valence-electron chi connectivity index (χ0n) is 16.3. The maximum atomic E-state index is 12.3. The highest BCUT2D eigenvalue weighted by Gasteiger charge is 2.21. The first kappa shape index (κ1) is 19.6. The average molecular weight is 417 g/mol. The Balaban J connectivity index is 1.51. The summed E-state index contributed by atoms with van der Waals surface area (Å²) >= 11 is 1.36. The van der Waals surface area contributed by atoms with Gasteiger partial charge in [0.1, 0.15) is 10.8 Å². The number of aromatic nitrogens is 2. The molecule has 0 aliphatic heterocycles. The molecule has 150 valence electrons. The van der Waals surface area contributed by atoms with Gasteiger partial charge in [-0.1, -0.05) is 72.0 Å². The van der Waals surface area contributed by atoms with Crippen LogP contribution >= 0.6 is 11.3 Å². The van der Waals surface area contributed by atoms with Gasteiger partial charge in [-0.25, -0.2) is 4.79 Å². The van der Waals surface area contributed by atoms with Crippen molar-refractivity contribution < 1.29 is 9.53 Å². The fourth-order valence-corrected chi connectivity index (χ4v) is 4.00. The fourth-order valence-electron chi connectivity index (χ4n) is 3.10.